The zero-order valence-corrected chi connectivity index (χ0v) is 18.0. The van der Waals surface area contributed by atoms with Gasteiger partial charge in [0.15, 0.2) is 6.61 Å². The van der Waals surface area contributed by atoms with Crippen molar-refractivity contribution in [3.05, 3.63) is 76.2 Å². The van der Waals surface area contributed by atoms with E-state index in [9.17, 15) is 19.2 Å². The van der Waals surface area contributed by atoms with Crippen LogP contribution in [0.4, 0.5) is 4.79 Å². The number of nitrogens with one attached hydrogen (secondary N) is 2. The maximum atomic E-state index is 12.6. The summed E-state index contributed by atoms with van der Waals surface area (Å²) in [6.07, 6.45) is 1.40. The zero-order chi connectivity index (χ0) is 24.1. The molecule has 0 aliphatic carbocycles. The van der Waals surface area contributed by atoms with E-state index in [0.29, 0.717) is 22.5 Å². The summed E-state index contributed by atoms with van der Waals surface area (Å²) in [6.45, 7) is 0.879. The first-order chi connectivity index (χ1) is 16.4. The molecule has 1 atom stereocenters. The Kier molecular flexibility index (Phi) is 6.62. The first-order valence-electron chi connectivity index (χ1n) is 10.3. The number of carbonyl (C=O) groups excluding carboxylic acids is 3. The predicted octanol–water partition coefficient (Wildman–Crippen LogP) is 2.18. The van der Waals surface area contributed by atoms with Gasteiger partial charge in [0, 0.05) is 17.5 Å². The molecule has 2 amide bonds. The van der Waals surface area contributed by atoms with Crippen molar-refractivity contribution in [2.75, 3.05) is 19.8 Å². The van der Waals surface area contributed by atoms with E-state index in [4.69, 9.17) is 23.0 Å². The minimum Gasteiger partial charge on any atom is -0.482 e. The summed E-state index contributed by atoms with van der Waals surface area (Å²) in [4.78, 5) is 48.4. The molecule has 0 bridgehead atoms. The number of rotatable bonds is 8. The maximum absolute atomic E-state index is 12.6. The van der Waals surface area contributed by atoms with Crippen LogP contribution in [0.5, 0.6) is 5.75 Å². The molecular formula is C23H20N2O9. The number of hydrogen-bond acceptors (Lipinski definition) is 9. The van der Waals surface area contributed by atoms with Crippen LogP contribution in [0.2, 0.25) is 0 Å². The van der Waals surface area contributed by atoms with Gasteiger partial charge in [-0.2, -0.15) is 0 Å². The van der Waals surface area contributed by atoms with Crippen molar-refractivity contribution in [1.82, 2.24) is 10.6 Å². The summed E-state index contributed by atoms with van der Waals surface area (Å²) in [5, 5.41) is 5.77. The molecule has 0 saturated carbocycles. The number of esters is 2. The first-order valence-corrected chi connectivity index (χ1v) is 10.3. The van der Waals surface area contributed by atoms with Crippen molar-refractivity contribution in [1.29, 1.82) is 0 Å². The number of carbonyl (C=O) groups is 3. The van der Waals surface area contributed by atoms with Crippen LogP contribution in [0.25, 0.3) is 11.0 Å². The number of ether oxygens (including phenoxy) is 3. The molecule has 2 aromatic heterocycles. The SMILES string of the molecule is CCOC(=O)C1=C(COC(=O)COc2ccc3ccc(=O)oc3c2)NC(=O)NC1c1ccco1. The average molecular weight is 468 g/mol. The highest BCUT2D eigenvalue weighted by atomic mass is 16.6. The summed E-state index contributed by atoms with van der Waals surface area (Å²) in [5.41, 5.74) is -0.0882. The molecule has 0 fully saturated rings. The molecule has 1 aromatic carbocycles. The molecule has 1 unspecified atom stereocenters. The lowest BCUT2D eigenvalue weighted by Crippen LogP contribution is -2.47. The minimum absolute atomic E-state index is 0.0506. The third-order valence-electron chi connectivity index (χ3n) is 4.81. The first kappa shape index (κ1) is 22.6. The van der Waals surface area contributed by atoms with Crippen LogP contribution in [0, 0.1) is 0 Å². The van der Waals surface area contributed by atoms with Gasteiger partial charge in [0.1, 0.15) is 29.7 Å². The van der Waals surface area contributed by atoms with Crippen LogP contribution < -0.4 is 21.0 Å². The zero-order valence-electron chi connectivity index (χ0n) is 18.0. The Balaban J connectivity index is 1.45. The predicted molar refractivity (Wildman–Crippen MR) is 116 cm³/mol. The van der Waals surface area contributed by atoms with Gasteiger partial charge in [0.2, 0.25) is 0 Å². The number of amides is 2. The van der Waals surface area contributed by atoms with Gasteiger partial charge >= 0.3 is 23.6 Å². The molecular weight excluding hydrogens is 448 g/mol. The second kappa shape index (κ2) is 9.94. The van der Waals surface area contributed by atoms with Crippen LogP contribution in [0.3, 0.4) is 0 Å². The minimum atomic E-state index is -0.917. The van der Waals surface area contributed by atoms with E-state index in [1.54, 1.807) is 37.3 Å². The highest BCUT2D eigenvalue weighted by molar-refractivity contribution is 5.95. The lowest BCUT2D eigenvalue weighted by Gasteiger charge is -2.27. The molecule has 176 valence electrons. The molecule has 34 heavy (non-hydrogen) atoms. The van der Waals surface area contributed by atoms with E-state index in [1.165, 1.54) is 18.4 Å². The Hall–Kier alpha value is -4.54. The van der Waals surface area contributed by atoms with E-state index in [1.807, 2.05) is 0 Å². The molecule has 0 saturated heterocycles. The summed E-state index contributed by atoms with van der Waals surface area (Å²) in [5.74, 6) is -0.852. The summed E-state index contributed by atoms with van der Waals surface area (Å²) >= 11 is 0. The number of benzene rings is 1. The molecule has 3 aromatic rings. The van der Waals surface area contributed by atoms with Crippen molar-refractivity contribution >= 4 is 28.9 Å². The van der Waals surface area contributed by atoms with Gasteiger partial charge in [-0.1, -0.05) is 0 Å². The number of furan rings is 1. The van der Waals surface area contributed by atoms with Gasteiger partial charge in [-0.3, -0.25) is 0 Å². The molecule has 4 rings (SSSR count). The fraction of sp³-hybridized carbons (Fsp3) is 0.217. The van der Waals surface area contributed by atoms with E-state index < -0.39 is 42.9 Å². The third-order valence-corrected chi connectivity index (χ3v) is 4.81. The average Bonchev–Trinajstić information content (AvgIpc) is 3.35. The summed E-state index contributed by atoms with van der Waals surface area (Å²) < 4.78 is 26.1. The normalized spacial score (nSPS) is 15.4. The molecule has 1 aliphatic heterocycles. The molecule has 0 radical (unpaired) electrons. The van der Waals surface area contributed by atoms with Gasteiger partial charge < -0.3 is 33.7 Å². The molecule has 11 heteroatoms. The second-order valence-corrected chi connectivity index (χ2v) is 7.06. The van der Waals surface area contributed by atoms with Gasteiger partial charge in [-0.15, -0.1) is 0 Å². The van der Waals surface area contributed by atoms with Crippen LogP contribution in [0.1, 0.15) is 18.7 Å². The van der Waals surface area contributed by atoms with Crippen molar-refractivity contribution in [2.24, 2.45) is 0 Å². The quantitative estimate of drug-likeness (QED) is 0.375. The largest absolute Gasteiger partial charge is 0.482 e. The summed E-state index contributed by atoms with van der Waals surface area (Å²) in [6, 6.07) is 9.36. The van der Waals surface area contributed by atoms with Crippen molar-refractivity contribution in [3.63, 3.8) is 0 Å². The monoisotopic (exact) mass is 468 g/mol. The highest BCUT2D eigenvalue weighted by Gasteiger charge is 2.35. The fourth-order valence-electron chi connectivity index (χ4n) is 3.32. The van der Waals surface area contributed by atoms with Crippen molar-refractivity contribution in [3.8, 4) is 5.75 Å². The van der Waals surface area contributed by atoms with Crippen LogP contribution in [-0.4, -0.2) is 37.8 Å². The van der Waals surface area contributed by atoms with Gasteiger partial charge in [-0.25, -0.2) is 19.2 Å². The molecule has 0 spiro atoms. The van der Waals surface area contributed by atoms with Gasteiger partial charge in [0.25, 0.3) is 0 Å². The Morgan fingerprint density at radius 1 is 1.09 bits per heavy atom. The topological polar surface area (TPSA) is 146 Å². The van der Waals surface area contributed by atoms with Crippen LogP contribution in [0.15, 0.2) is 73.6 Å². The van der Waals surface area contributed by atoms with E-state index >= 15 is 0 Å². The molecule has 3 heterocycles. The van der Waals surface area contributed by atoms with E-state index in [0.717, 1.165) is 0 Å². The molecule has 1 aliphatic rings. The van der Waals surface area contributed by atoms with Crippen LogP contribution in [-0.2, 0) is 19.1 Å². The molecule has 11 nitrogen and oxygen atoms in total. The highest BCUT2D eigenvalue weighted by Crippen LogP contribution is 2.28. The number of fused-ring (bicyclic) bond motifs is 1. The Bertz CT molecular complexity index is 1310. The third kappa shape index (κ3) is 5.09. The van der Waals surface area contributed by atoms with Crippen LogP contribution >= 0.6 is 0 Å². The smallest absolute Gasteiger partial charge is 0.344 e. The van der Waals surface area contributed by atoms with Crippen molar-refractivity contribution < 1.29 is 37.4 Å². The lowest BCUT2D eigenvalue weighted by atomic mass is 10.0. The van der Waals surface area contributed by atoms with E-state index in [-0.39, 0.29) is 17.9 Å². The standard InChI is InChI=1S/C23H20N2O9/c1-2-30-22(28)20-15(24-23(29)25-21(20)16-4-3-9-31-16)11-33-19(27)12-32-14-7-5-13-6-8-18(26)34-17(13)10-14/h3-10,21H,2,11-12H2,1H3,(H2,24,25,29). The Labute approximate surface area is 192 Å². The second-order valence-electron chi connectivity index (χ2n) is 7.06. The van der Waals surface area contributed by atoms with Gasteiger partial charge in [-0.05, 0) is 37.3 Å². The number of urea groups is 1. The fourth-order valence-corrected chi connectivity index (χ4v) is 3.32. The van der Waals surface area contributed by atoms with Crippen molar-refractivity contribution in [2.45, 2.75) is 13.0 Å². The van der Waals surface area contributed by atoms with Gasteiger partial charge in [0.05, 0.1) is 24.1 Å². The number of hydrogen-bond donors (Lipinski definition) is 2. The van der Waals surface area contributed by atoms with E-state index in [2.05, 4.69) is 10.6 Å². The molecule has 2 N–H and O–H groups in total. The Morgan fingerprint density at radius 3 is 2.68 bits per heavy atom. The Morgan fingerprint density at radius 2 is 1.91 bits per heavy atom. The lowest BCUT2D eigenvalue weighted by molar-refractivity contribution is -0.145. The maximum Gasteiger partial charge on any atom is 0.344 e. The summed E-state index contributed by atoms with van der Waals surface area (Å²) in [7, 11) is 0.